The van der Waals surface area contributed by atoms with Gasteiger partial charge < -0.3 is 15.0 Å². The van der Waals surface area contributed by atoms with Crippen molar-refractivity contribution in [2.24, 2.45) is 0 Å². The normalized spacial score (nSPS) is 17.0. The Kier molecular flexibility index (Phi) is 4.59. The van der Waals surface area contributed by atoms with E-state index >= 15 is 0 Å². The molecule has 1 unspecified atom stereocenters. The van der Waals surface area contributed by atoms with Crippen LogP contribution in [0.15, 0.2) is 30.5 Å². The number of anilines is 2. The van der Waals surface area contributed by atoms with Gasteiger partial charge in [0.15, 0.2) is 11.6 Å². The lowest BCUT2D eigenvalue weighted by Gasteiger charge is -2.18. The first kappa shape index (κ1) is 16.2. The van der Waals surface area contributed by atoms with E-state index in [-0.39, 0.29) is 11.9 Å². The number of aryl methyl sites for hydroxylation is 1. The molecule has 0 spiro atoms. The van der Waals surface area contributed by atoms with Crippen molar-refractivity contribution < 1.29 is 13.9 Å². The predicted octanol–water partition coefficient (Wildman–Crippen LogP) is 2.40. The van der Waals surface area contributed by atoms with Gasteiger partial charge in [-0.25, -0.2) is 19.2 Å². The number of nitrogens with zero attached hydrogens (tertiary/aromatic N) is 3. The second kappa shape index (κ2) is 6.82. The van der Waals surface area contributed by atoms with Gasteiger partial charge in [0, 0.05) is 25.3 Å². The maximum Gasteiger partial charge on any atom is 0.339 e. The van der Waals surface area contributed by atoms with Crippen LogP contribution in [0.5, 0.6) is 0 Å². The average molecular weight is 330 g/mol. The lowest BCUT2D eigenvalue weighted by atomic mass is 10.2. The minimum atomic E-state index is -0.399. The van der Waals surface area contributed by atoms with E-state index in [0.717, 1.165) is 13.0 Å². The molecular weight excluding hydrogens is 311 g/mol. The van der Waals surface area contributed by atoms with Crippen LogP contribution in [0.1, 0.15) is 22.5 Å². The number of methoxy groups -OCH3 is 1. The van der Waals surface area contributed by atoms with E-state index in [2.05, 4.69) is 15.3 Å². The van der Waals surface area contributed by atoms with Gasteiger partial charge >= 0.3 is 5.97 Å². The molecule has 1 atom stereocenters. The van der Waals surface area contributed by atoms with E-state index in [1.54, 1.807) is 31.3 Å². The predicted molar refractivity (Wildman–Crippen MR) is 88.7 cm³/mol. The summed E-state index contributed by atoms with van der Waals surface area (Å²) in [6, 6.07) is 6.59. The van der Waals surface area contributed by atoms with Gasteiger partial charge in [0.05, 0.1) is 18.4 Å². The Morgan fingerprint density at radius 1 is 1.42 bits per heavy atom. The molecule has 3 heterocycles. The fourth-order valence-electron chi connectivity index (χ4n) is 2.86. The molecule has 0 bridgehead atoms. The summed E-state index contributed by atoms with van der Waals surface area (Å²) in [5.74, 6) is 0.360. The first-order chi connectivity index (χ1) is 11.6. The van der Waals surface area contributed by atoms with E-state index in [4.69, 9.17) is 4.74 Å². The Balaban J connectivity index is 1.67. The highest BCUT2D eigenvalue weighted by Crippen LogP contribution is 2.23. The van der Waals surface area contributed by atoms with Crippen molar-refractivity contribution in [3.8, 4) is 0 Å². The minimum Gasteiger partial charge on any atom is -0.465 e. The highest BCUT2D eigenvalue weighted by atomic mass is 19.1. The Morgan fingerprint density at radius 2 is 2.25 bits per heavy atom. The molecule has 0 saturated carbocycles. The molecule has 0 amide bonds. The van der Waals surface area contributed by atoms with Crippen molar-refractivity contribution in [3.05, 3.63) is 47.5 Å². The zero-order valence-corrected chi connectivity index (χ0v) is 13.6. The van der Waals surface area contributed by atoms with Crippen LogP contribution in [-0.4, -0.2) is 42.2 Å². The lowest BCUT2D eigenvalue weighted by molar-refractivity contribution is 0.0599. The van der Waals surface area contributed by atoms with Gasteiger partial charge in [-0.15, -0.1) is 0 Å². The van der Waals surface area contributed by atoms with Crippen molar-refractivity contribution in [1.29, 1.82) is 0 Å². The Bertz CT molecular complexity index is 753. The molecule has 2 aromatic heterocycles. The second-order valence-corrected chi connectivity index (χ2v) is 5.71. The molecule has 6 nitrogen and oxygen atoms in total. The maximum atomic E-state index is 13.8. The van der Waals surface area contributed by atoms with Gasteiger partial charge in [0.2, 0.25) is 0 Å². The number of hydrogen-bond donors (Lipinski definition) is 1. The quantitative estimate of drug-likeness (QED) is 0.868. The number of halogens is 1. The number of aromatic nitrogens is 2. The molecule has 1 saturated heterocycles. The van der Waals surface area contributed by atoms with Crippen LogP contribution in [0.4, 0.5) is 16.0 Å². The van der Waals surface area contributed by atoms with Crippen LogP contribution in [0.2, 0.25) is 0 Å². The Hall–Kier alpha value is -2.70. The van der Waals surface area contributed by atoms with Gasteiger partial charge in [0.1, 0.15) is 5.82 Å². The van der Waals surface area contributed by atoms with Gasteiger partial charge in [-0.2, -0.15) is 0 Å². The number of carbonyl (C=O) groups excluding carboxylic acids is 1. The van der Waals surface area contributed by atoms with Crippen LogP contribution in [0.25, 0.3) is 0 Å². The minimum absolute atomic E-state index is 0.141. The smallest absolute Gasteiger partial charge is 0.339 e. The number of pyridine rings is 2. The fourth-order valence-corrected chi connectivity index (χ4v) is 2.86. The molecule has 1 aliphatic rings. The maximum absolute atomic E-state index is 13.8. The van der Waals surface area contributed by atoms with Crippen LogP contribution >= 0.6 is 0 Å². The number of carbonyl (C=O) groups is 1. The highest BCUT2D eigenvalue weighted by Gasteiger charge is 2.25. The summed E-state index contributed by atoms with van der Waals surface area (Å²) in [6.45, 7) is 3.14. The molecule has 0 aromatic carbocycles. The molecule has 7 heteroatoms. The summed E-state index contributed by atoms with van der Waals surface area (Å²) in [5.41, 5.74) is 1.06. The lowest BCUT2D eigenvalue weighted by Crippen LogP contribution is -2.27. The molecule has 3 rings (SSSR count). The zero-order chi connectivity index (χ0) is 17.1. The third kappa shape index (κ3) is 3.29. The van der Waals surface area contributed by atoms with E-state index in [1.165, 1.54) is 13.2 Å². The van der Waals surface area contributed by atoms with E-state index in [0.29, 0.717) is 29.4 Å². The highest BCUT2D eigenvalue weighted by molar-refractivity contribution is 5.90. The molecule has 1 fully saturated rings. The monoisotopic (exact) mass is 330 g/mol. The molecule has 1 N–H and O–H groups in total. The second-order valence-electron chi connectivity index (χ2n) is 5.71. The summed E-state index contributed by atoms with van der Waals surface area (Å²) in [4.78, 5) is 22.0. The number of rotatable bonds is 4. The van der Waals surface area contributed by atoms with Crippen molar-refractivity contribution >= 4 is 17.6 Å². The molecule has 1 aliphatic heterocycles. The van der Waals surface area contributed by atoms with E-state index in [9.17, 15) is 9.18 Å². The molecular formula is C17H19FN4O2. The van der Waals surface area contributed by atoms with Crippen molar-refractivity contribution in [3.63, 3.8) is 0 Å². The van der Waals surface area contributed by atoms with Gasteiger partial charge in [0.25, 0.3) is 0 Å². The third-order valence-corrected chi connectivity index (χ3v) is 4.07. The van der Waals surface area contributed by atoms with Crippen molar-refractivity contribution in [1.82, 2.24) is 9.97 Å². The Labute approximate surface area is 139 Å². The molecule has 24 heavy (non-hydrogen) atoms. The number of esters is 1. The van der Waals surface area contributed by atoms with Crippen LogP contribution < -0.4 is 10.2 Å². The van der Waals surface area contributed by atoms with Crippen LogP contribution in [-0.2, 0) is 4.74 Å². The number of ether oxygens (including phenoxy) is 1. The SMILES string of the molecule is COC(=O)c1ccc(NC2CCN(c3ncccc3F)C2)nc1C. The first-order valence-corrected chi connectivity index (χ1v) is 7.76. The van der Waals surface area contributed by atoms with Crippen LogP contribution in [0.3, 0.4) is 0 Å². The standard InChI is InChI=1S/C17H19FN4O2/c1-11-13(17(23)24-2)5-6-15(20-11)21-12-7-9-22(10-12)16-14(18)4-3-8-19-16/h3-6,8,12H,7,9-10H2,1-2H3,(H,20,21). The molecule has 126 valence electrons. The molecule has 0 aliphatic carbocycles. The number of hydrogen-bond acceptors (Lipinski definition) is 6. The van der Waals surface area contributed by atoms with Gasteiger partial charge in [-0.3, -0.25) is 0 Å². The molecule has 2 aromatic rings. The summed E-state index contributed by atoms with van der Waals surface area (Å²) in [7, 11) is 1.35. The topological polar surface area (TPSA) is 67.3 Å². The molecule has 0 radical (unpaired) electrons. The summed E-state index contributed by atoms with van der Waals surface area (Å²) >= 11 is 0. The summed E-state index contributed by atoms with van der Waals surface area (Å²) in [5, 5.41) is 3.33. The third-order valence-electron chi connectivity index (χ3n) is 4.07. The number of nitrogens with one attached hydrogen (secondary N) is 1. The summed E-state index contributed by atoms with van der Waals surface area (Å²) < 4.78 is 18.5. The van der Waals surface area contributed by atoms with Crippen molar-refractivity contribution in [2.75, 3.05) is 30.4 Å². The first-order valence-electron chi connectivity index (χ1n) is 7.76. The largest absolute Gasteiger partial charge is 0.465 e. The van der Waals surface area contributed by atoms with E-state index in [1.807, 2.05) is 4.90 Å². The van der Waals surface area contributed by atoms with Crippen LogP contribution in [0, 0.1) is 12.7 Å². The average Bonchev–Trinajstić information content (AvgIpc) is 3.03. The van der Waals surface area contributed by atoms with Gasteiger partial charge in [-0.05, 0) is 37.6 Å². The fraction of sp³-hybridized carbons (Fsp3) is 0.353. The van der Waals surface area contributed by atoms with E-state index < -0.39 is 5.97 Å². The van der Waals surface area contributed by atoms with Gasteiger partial charge in [-0.1, -0.05) is 0 Å². The summed E-state index contributed by atoms with van der Waals surface area (Å²) in [6.07, 6.45) is 2.45. The zero-order valence-electron chi connectivity index (χ0n) is 13.6. The van der Waals surface area contributed by atoms with Crippen molar-refractivity contribution in [2.45, 2.75) is 19.4 Å². The Morgan fingerprint density at radius 3 is 2.96 bits per heavy atom.